The maximum atomic E-state index is 10.8. The zero-order valence-corrected chi connectivity index (χ0v) is 16.9. The molecule has 1 aliphatic rings. The Morgan fingerprint density at radius 2 is 1.90 bits per heavy atom. The second kappa shape index (κ2) is 11.2. The zero-order valence-electron chi connectivity index (χ0n) is 16.9. The molecule has 0 saturated heterocycles. The van der Waals surface area contributed by atoms with Crippen molar-refractivity contribution in [2.45, 2.75) is 52.1 Å². The number of hydrogen-bond donors (Lipinski definition) is 0. The first-order valence-electron chi connectivity index (χ1n) is 10.2. The maximum Gasteiger partial charge on any atom is 0.303 e. The first-order chi connectivity index (χ1) is 14.2. The second-order valence-electron chi connectivity index (χ2n) is 6.99. The van der Waals surface area contributed by atoms with Crippen LogP contribution >= 0.6 is 0 Å². The molecule has 0 radical (unpaired) electrons. The number of benzene rings is 1. The van der Waals surface area contributed by atoms with Gasteiger partial charge in [0.15, 0.2) is 0 Å². The molecular formula is C22H28N2O5. The van der Waals surface area contributed by atoms with Crippen molar-refractivity contribution in [1.29, 1.82) is 0 Å². The molecule has 2 heterocycles. The van der Waals surface area contributed by atoms with Crippen LogP contribution in [0.1, 0.15) is 56.0 Å². The van der Waals surface area contributed by atoms with Gasteiger partial charge < -0.3 is 18.7 Å². The minimum absolute atomic E-state index is 0.171. The largest absolute Gasteiger partial charge is 0.494 e. The topological polar surface area (TPSA) is 83.2 Å². The number of aliphatic imine (C=N–C) groups is 1. The Hall–Kier alpha value is -2.83. The standard InChI is InChI=1S/C22H28N2O5/c1-17(25)28-16-19-15-21(29-24-19)7-5-3-2-4-6-13-26-20-10-8-18(9-11-20)22-23-12-14-27-22/h8-11,15H,2-7,12-14,16H2,1H3. The Labute approximate surface area is 171 Å². The van der Waals surface area contributed by atoms with E-state index in [4.69, 9.17) is 18.7 Å². The molecule has 1 aromatic heterocycles. The summed E-state index contributed by atoms with van der Waals surface area (Å²) < 4.78 is 21.4. The predicted molar refractivity (Wildman–Crippen MR) is 108 cm³/mol. The smallest absolute Gasteiger partial charge is 0.303 e. The first kappa shape index (κ1) is 20.9. The van der Waals surface area contributed by atoms with Crippen LogP contribution in [0.2, 0.25) is 0 Å². The fourth-order valence-electron chi connectivity index (χ4n) is 3.04. The van der Waals surface area contributed by atoms with Crippen LogP contribution in [-0.4, -0.2) is 36.8 Å². The molecule has 0 saturated carbocycles. The molecule has 156 valence electrons. The van der Waals surface area contributed by atoms with E-state index in [1.807, 2.05) is 30.3 Å². The molecular weight excluding hydrogens is 372 g/mol. The van der Waals surface area contributed by atoms with Gasteiger partial charge >= 0.3 is 5.97 Å². The molecule has 2 aromatic rings. The summed E-state index contributed by atoms with van der Waals surface area (Å²) in [5, 5.41) is 3.90. The highest BCUT2D eigenvalue weighted by Crippen LogP contribution is 2.16. The third kappa shape index (κ3) is 7.25. The number of unbranched alkanes of at least 4 members (excludes halogenated alkanes) is 4. The van der Waals surface area contributed by atoms with Crippen LogP contribution in [0.25, 0.3) is 0 Å². The average molecular weight is 400 g/mol. The molecule has 7 nitrogen and oxygen atoms in total. The van der Waals surface area contributed by atoms with Gasteiger partial charge in [-0.2, -0.15) is 0 Å². The van der Waals surface area contributed by atoms with Crippen molar-refractivity contribution in [3.05, 3.63) is 47.3 Å². The maximum absolute atomic E-state index is 10.8. The van der Waals surface area contributed by atoms with Crippen molar-refractivity contribution in [3.8, 4) is 5.75 Å². The van der Waals surface area contributed by atoms with Crippen LogP contribution in [0.4, 0.5) is 0 Å². The normalized spacial score (nSPS) is 13.1. The van der Waals surface area contributed by atoms with Gasteiger partial charge in [0, 0.05) is 25.0 Å². The van der Waals surface area contributed by atoms with E-state index < -0.39 is 0 Å². The van der Waals surface area contributed by atoms with Crippen LogP contribution in [0.15, 0.2) is 39.8 Å². The zero-order chi connectivity index (χ0) is 20.3. The molecule has 0 unspecified atom stereocenters. The number of rotatable bonds is 12. The summed E-state index contributed by atoms with van der Waals surface area (Å²) in [7, 11) is 0. The van der Waals surface area contributed by atoms with Crippen molar-refractivity contribution in [1.82, 2.24) is 5.16 Å². The summed E-state index contributed by atoms with van der Waals surface area (Å²) in [5.41, 5.74) is 1.66. The van der Waals surface area contributed by atoms with Crippen LogP contribution < -0.4 is 4.74 Å². The van der Waals surface area contributed by atoms with E-state index in [1.54, 1.807) is 0 Å². The fourth-order valence-corrected chi connectivity index (χ4v) is 3.04. The summed E-state index contributed by atoms with van der Waals surface area (Å²) >= 11 is 0. The van der Waals surface area contributed by atoms with Gasteiger partial charge in [-0.05, 0) is 37.1 Å². The number of esters is 1. The van der Waals surface area contributed by atoms with E-state index >= 15 is 0 Å². The lowest BCUT2D eigenvalue weighted by atomic mass is 10.1. The lowest BCUT2D eigenvalue weighted by molar-refractivity contribution is -0.142. The van der Waals surface area contributed by atoms with Gasteiger partial charge in [-0.25, -0.2) is 4.99 Å². The highest BCUT2D eigenvalue weighted by Gasteiger charge is 2.10. The molecule has 1 aromatic carbocycles. The minimum atomic E-state index is -0.316. The summed E-state index contributed by atoms with van der Waals surface area (Å²) in [6.07, 6.45) is 6.37. The van der Waals surface area contributed by atoms with Crippen LogP contribution in [0.3, 0.4) is 0 Å². The molecule has 29 heavy (non-hydrogen) atoms. The Bertz CT molecular complexity index is 798. The van der Waals surface area contributed by atoms with E-state index in [-0.39, 0.29) is 12.6 Å². The molecule has 0 atom stereocenters. The highest BCUT2D eigenvalue weighted by atomic mass is 16.5. The van der Waals surface area contributed by atoms with Crippen LogP contribution in [0.5, 0.6) is 5.75 Å². The van der Waals surface area contributed by atoms with Crippen molar-refractivity contribution in [3.63, 3.8) is 0 Å². The molecule has 0 aliphatic carbocycles. The highest BCUT2D eigenvalue weighted by molar-refractivity contribution is 5.95. The van der Waals surface area contributed by atoms with Crippen molar-refractivity contribution in [2.24, 2.45) is 4.99 Å². The van der Waals surface area contributed by atoms with Gasteiger partial charge in [-0.3, -0.25) is 4.79 Å². The number of carbonyl (C=O) groups is 1. The Kier molecular flexibility index (Phi) is 8.10. The van der Waals surface area contributed by atoms with Gasteiger partial charge in [0.25, 0.3) is 0 Å². The third-order valence-electron chi connectivity index (χ3n) is 4.55. The molecule has 0 spiro atoms. The summed E-state index contributed by atoms with van der Waals surface area (Å²) in [6, 6.07) is 9.76. The first-order valence-corrected chi connectivity index (χ1v) is 10.2. The molecule has 0 fully saturated rings. The van der Waals surface area contributed by atoms with Crippen molar-refractivity contribution >= 4 is 11.9 Å². The van der Waals surface area contributed by atoms with E-state index in [1.165, 1.54) is 6.92 Å². The number of ether oxygens (including phenoxy) is 3. The molecule has 1 aliphatic heterocycles. The molecule has 0 N–H and O–H groups in total. The molecule has 7 heteroatoms. The lowest BCUT2D eigenvalue weighted by Gasteiger charge is -2.07. The second-order valence-corrected chi connectivity index (χ2v) is 6.99. The third-order valence-corrected chi connectivity index (χ3v) is 4.55. The van der Waals surface area contributed by atoms with Gasteiger partial charge in [0.1, 0.15) is 30.4 Å². The van der Waals surface area contributed by atoms with E-state index in [9.17, 15) is 4.79 Å². The Morgan fingerprint density at radius 3 is 2.66 bits per heavy atom. The quantitative estimate of drug-likeness (QED) is 0.394. The number of carbonyl (C=O) groups excluding carboxylic acids is 1. The van der Waals surface area contributed by atoms with E-state index in [0.717, 1.165) is 74.6 Å². The van der Waals surface area contributed by atoms with Crippen LogP contribution in [0, 0.1) is 0 Å². The number of aromatic nitrogens is 1. The Balaban J connectivity index is 1.21. The number of hydrogen-bond acceptors (Lipinski definition) is 7. The monoisotopic (exact) mass is 400 g/mol. The summed E-state index contributed by atoms with van der Waals surface area (Å²) in [4.78, 5) is 15.1. The molecule has 0 bridgehead atoms. The fraction of sp³-hybridized carbons (Fsp3) is 0.500. The molecule has 3 rings (SSSR count). The number of nitrogens with zero attached hydrogens (tertiary/aromatic N) is 2. The minimum Gasteiger partial charge on any atom is -0.494 e. The number of aryl methyl sites for hydroxylation is 1. The molecule has 0 amide bonds. The van der Waals surface area contributed by atoms with Gasteiger partial charge in [-0.1, -0.05) is 24.4 Å². The van der Waals surface area contributed by atoms with Gasteiger partial charge in [0.05, 0.1) is 13.2 Å². The Morgan fingerprint density at radius 1 is 1.10 bits per heavy atom. The summed E-state index contributed by atoms with van der Waals surface area (Å²) in [5.74, 6) is 2.13. The van der Waals surface area contributed by atoms with Crippen LogP contribution in [-0.2, 0) is 27.3 Å². The van der Waals surface area contributed by atoms with Crippen molar-refractivity contribution < 1.29 is 23.5 Å². The SMILES string of the molecule is CC(=O)OCc1cc(CCCCCCCOc2ccc(C3=NCCO3)cc2)on1. The summed E-state index contributed by atoms with van der Waals surface area (Å²) in [6.45, 7) is 3.68. The average Bonchev–Trinajstić information content (AvgIpc) is 3.41. The van der Waals surface area contributed by atoms with E-state index in [2.05, 4.69) is 10.1 Å². The predicted octanol–water partition coefficient (Wildman–Crippen LogP) is 4.09. The van der Waals surface area contributed by atoms with Gasteiger partial charge in [-0.15, -0.1) is 0 Å². The van der Waals surface area contributed by atoms with E-state index in [0.29, 0.717) is 12.3 Å². The lowest BCUT2D eigenvalue weighted by Crippen LogP contribution is -2.01. The van der Waals surface area contributed by atoms with Gasteiger partial charge in [0.2, 0.25) is 5.90 Å². The van der Waals surface area contributed by atoms with Crippen molar-refractivity contribution in [2.75, 3.05) is 19.8 Å².